The molecule has 2 aliphatic heterocycles. The molecule has 2 unspecified atom stereocenters. The smallest absolute Gasteiger partial charge is 0.382 e. The van der Waals surface area contributed by atoms with E-state index in [1.165, 1.54) is 28.0 Å². The van der Waals surface area contributed by atoms with Gasteiger partial charge < -0.3 is 34.9 Å². The number of benzene rings is 1. The molecule has 23 heteroatoms. The number of halogens is 1. The SMILES string of the molecule is C=C1C[C@H](n2nnc3c(C(N)=O)cccc32)O[C@@H]1COP(O)(=S)O[C@H]1[C@@H](F)[C@H](n2cnc3c(N)ncnc32)O[C@@H]1COP(=O)(S)OC. The maximum absolute atomic E-state index is 16.1. The van der Waals surface area contributed by atoms with E-state index in [0.29, 0.717) is 23.0 Å². The molecule has 0 radical (unpaired) electrons. The van der Waals surface area contributed by atoms with E-state index in [0.717, 1.165) is 7.11 Å². The number of fused-ring (bicyclic) bond motifs is 2. The molecule has 47 heavy (non-hydrogen) atoms. The number of nitrogens with two attached hydrogens (primary N) is 2. The number of nitrogens with zero attached hydrogens (tertiary/aromatic N) is 7. The summed E-state index contributed by atoms with van der Waals surface area (Å²) in [6, 6.07) is 4.88. The highest BCUT2D eigenvalue weighted by Crippen LogP contribution is 2.54. The van der Waals surface area contributed by atoms with Crippen LogP contribution in [0, 0.1) is 0 Å². The number of aromatic nitrogens is 7. The molecular weight excluding hydrogens is 703 g/mol. The van der Waals surface area contributed by atoms with Gasteiger partial charge in [0.05, 0.1) is 30.6 Å². The molecule has 0 saturated carbocycles. The zero-order chi connectivity index (χ0) is 33.7. The van der Waals surface area contributed by atoms with Gasteiger partial charge in [0.15, 0.2) is 30.1 Å². The lowest BCUT2D eigenvalue weighted by molar-refractivity contribution is -0.0430. The Morgan fingerprint density at radius 2 is 2.04 bits per heavy atom. The number of ether oxygens (including phenoxy) is 2. The van der Waals surface area contributed by atoms with Crippen molar-refractivity contribution in [2.75, 3.05) is 26.1 Å². The third-order valence-electron chi connectivity index (χ3n) is 7.46. The molecule has 3 aromatic heterocycles. The van der Waals surface area contributed by atoms with Crippen LogP contribution in [0.25, 0.3) is 22.2 Å². The van der Waals surface area contributed by atoms with E-state index >= 15 is 4.39 Å². The average molecular weight is 732 g/mol. The maximum atomic E-state index is 16.1. The summed E-state index contributed by atoms with van der Waals surface area (Å²) < 4.78 is 64.3. The number of rotatable bonds is 12. The van der Waals surface area contributed by atoms with Gasteiger partial charge in [-0.1, -0.05) is 30.1 Å². The Balaban J connectivity index is 1.16. The molecule has 0 spiro atoms. The summed E-state index contributed by atoms with van der Waals surface area (Å²) in [6.45, 7) is -4.84. The Kier molecular flexibility index (Phi) is 9.51. The highest BCUT2D eigenvalue weighted by Gasteiger charge is 2.50. The number of primary amides is 1. The van der Waals surface area contributed by atoms with Gasteiger partial charge in [0.25, 0.3) is 5.91 Å². The lowest BCUT2D eigenvalue weighted by Gasteiger charge is -2.25. The number of hydrogen-bond donors (Lipinski definition) is 4. The first-order chi connectivity index (χ1) is 22.3. The molecule has 2 saturated heterocycles. The number of hydrogen-bond acceptors (Lipinski definition) is 15. The van der Waals surface area contributed by atoms with Gasteiger partial charge >= 0.3 is 13.5 Å². The van der Waals surface area contributed by atoms with Crippen molar-refractivity contribution in [1.82, 2.24) is 34.5 Å². The Morgan fingerprint density at radius 3 is 2.79 bits per heavy atom. The van der Waals surface area contributed by atoms with E-state index in [1.54, 1.807) is 12.1 Å². The molecule has 18 nitrogen and oxygen atoms in total. The molecule has 0 bridgehead atoms. The van der Waals surface area contributed by atoms with Gasteiger partial charge in [0, 0.05) is 13.5 Å². The van der Waals surface area contributed by atoms with Crippen molar-refractivity contribution in [2.45, 2.75) is 43.4 Å². The first-order valence-electron chi connectivity index (χ1n) is 13.7. The van der Waals surface area contributed by atoms with Gasteiger partial charge in [-0.2, -0.15) is 0 Å². The molecule has 6 rings (SSSR count). The van der Waals surface area contributed by atoms with Gasteiger partial charge in [-0.3, -0.25) is 18.4 Å². The summed E-state index contributed by atoms with van der Waals surface area (Å²) in [4.78, 5) is 34.9. The van der Waals surface area contributed by atoms with Crippen molar-refractivity contribution < 1.29 is 46.2 Å². The highest BCUT2D eigenvalue weighted by molar-refractivity contribution is 8.44. The molecule has 1 aromatic carbocycles. The number of anilines is 1. The molecule has 2 fully saturated rings. The van der Waals surface area contributed by atoms with Gasteiger partial charge in [-0.25, -0.2) is 28.6 Å². The zero-order valence-corrected chi connectivity index (χ0v) is 27.8. The van der Waals surface area contributed by atoms with Gasteiger partial charge in [0.2, 0.25) is 0 Å². The van der Waals surface area contributed by atoms with Crippen molar-refractivity contribution in [2.24, 2.45) is 5.73 Å². The number of nitrogen functional groups attached to an aromatic ring is 1. The fourth-order valence-corrected chi connectivity index (χ4v) is 7.23. The number of carbonyl (C=O) groups is 1. The van der Waals surface area contributed by atoms with Gasteiger partial charge in [0.1, 0.15) is 35.7 Å². The Bertz CT molecular complexity index is 1950. The molecular formula is C24H28FN9O9P2S2. The lowest BCUT2D eigenvalue weighted by atomic mass is 10.1. The number of amides is 1. The fraction of sp³-hybridized carbons (Fsp3) is 0.417. The van der Waals surface area contributed by atoms with Crippen LogP contribution in [-0.4, -0.2) is 90.1 Å². The normalized spacial score (nSPS) is 27.4. The predicted octanol–water partition coefficient (Wildman–Crippen LogP) is 2.35. The third kappa shape index (κ3) is 6.83. The topological polar surface area (TPSA) is 236 Å². The minimum absolute atomic E-state index is 0.0654. The van der Waals surface area contributed by atoms with Crippen LogP contribution >= 0.6 is 25.8 Å². The Morgan fingerprint density at radius 1 is 1.26 bits per heavy atom. The summed E-state index contributed by atoms with van der Waals surface area (Å²) in [5, 5.41) is 8.18. The van der Waals surface area contributed by atoms with Crippen LogP contribution in [0.1, 0.15) is 29.2 Å². The molecule has 252 valence electrons. The summed E-state index contributed by atoms with van der Waals surface area (Å²) in [5.41, 5.74) is 13.3. The van der Waals surface area contributed by atoms with Crippen LogP contribution < -0.4 is 11.5 Å². The van der Waals surface area contributed by atoms with E-state index in [-0.39, 0.29) is 29.2 Å². The summed E-state index contributed by atoms with van der Waals surface area (Å²) in [6.07, 6.45) is -5.00. The standard InChI is InChI=1S/C24H28FN9O9P2S2/c1-11-6-16(34-13-5-3-4-12(22(27)35)18(13)31-32-34)41-14(11)7-40-45(37,47)43-20-15(8-39-44(36,46)38-2)42-24(17(20)25)33-10-30-19-21(26)28-9-29-23(19)33/h3-5,9-10,14-17,20,24H,1,6-8H2,2H3,(H2,27,35)(H,36,46)(H,37,47)(H2,26,28,29)/t14-,15-,16-,17-,20-,24-,44?,45?/m1/s1. The molecule has 8 atom stereocenters. The monoisotopic (exact) mass is 731 g/mol. The van der Waals surface area contributed by atoms with Crippen molar-refractivity contribution in [1.29, 1.82) is 0 Å². The van der Waals surface area contributed by atoms with Crippen LogP contribution in [0.15, 0.2) is 43.0 Å². The van der Waals surface area contributed by atoms with Crippen molar-refractivity contribution >= 4 is 71.5 Å². The predicted molar refractivity (Wildman–Crippen MR) is 169 cm³/mol. The number of alkyl halides is 1. The minimum Gasteiger partial charge on any atom is -0.382 e. The van der Waals surface area contributed by atoms with Crippen LogP contribution in [-0.2, 0) is 43.9 Å². The summed E-state index contributed by atoms with van der Waals surface area (Å²) >= 11 is 9.06. The maximum Gasteiger partial charge on any atom is 0.385 e. The molecule has 5 N–H and O–H groups in total. The summed E-state index contributed by atoms with van der Waals surface area (Å²) in [7, 11) is 1.12. The van der Waals surface area contributed by atoms with E-state index in [4.69, 9.17) is 50.8 Å². The number of thiol groups is 1. The largest absolute Gasteiger partial charge is 0.385 e. The van der Waals surface area contributed by atoms with Crippen molar-refractivity contribution in [3.63, 3.8) is 0 Å². The summed E-state index contributed by atoms with van der Waals surface area (Å²) in [5.74, 6) is -0.589. The number of imidazole rings is 1. The highest BCUT2D eigenvalue weighted by atomic mass is 32.7. The Hall–Kier alpha value is -2.94. The zero-order valence-electron chi connectivity index (χ0n) is 24.3. The van der Waals surface area contributed by atoms with Gasteiger partial charge in [-0.15, -0.1) is 5.10 Å². The van der Waals surface area contributed by atoms with E-state index in [9.17, 15) is 14.3 Å². The van der Waals surface area contributed by atoms with Crippen molar-refractivity contribution in [3.8, 4) is 0 Å². The molecule has 0 aliphatic carbocycles. The second-order valence-electron chi connectivity index (χ2n) is 10.4. The van der Waals surface area contributed by atoms with Crippen LogP contribution in [0.3, 0.4) is 0 Å². The first-order valence-corrected chi connectivity index (χ1v) is 19.0. The first kappa shape index (κ1) is 33.9. The third-order valence-corrected chi connectivity index (χ3v) is 10.8. The number of carbonyl (C=O) groups excluding carboxylic acids is 1. The van der Waals surface area contributed by atoms with Gasteiger partial charge in [-0.05, 0) is 29.5 Å². The molecule has 2 aliphatic rings. The average Bonchev–Trinajstić information content (AvgIpc) is 3.80. The van der Waals surface area contributed by atoms with E-state index in [2.05, 4.69) is 44.1 Å². The lowest BCUT2D eigenvalue weighted by Crippen LogP contribution is -2.34. The second kappa shape index (κ2) is 13.2. The van der Waals surface area contributed by atoms with Crippen LogP contribution in [0.4, 0.5) is 10.2 Å². The van der Waals surface area contributed by atoms with Crippen molar-refractivity contribution in [3.05, 3.63) is 48.6 Å². The molecule has 5 heterocycles. The minimum atomic E-state index is -4.20. The molecule has 4 aromatic rings. The van der Waals surface area contributed by atoms with E-state index in [1.807, 2.05) is 0 Å². The Labute approximate surface area is 275 Å². The second-order valence-corrected chi connectivity index (χ2v) is 16.2. The van der Waals surface area contributed by atoms with E-state index < -0.39 is 63.0 Å². The molecule has 1 amide bonds. The quantitative estimate of drug-likeness (QED) is 0.0930. The fourth-order valence-electron chi connectivity index (χ4n) is 5.17. The van der Waals surface area contributed by atoms with Crippen LogP contribution in [0.2, 0.25) is 0 Å². The van der Waals surface area contributed by atoms with Crippen LogP contribution in [0.5, 0.6) is 0 Å².